The molecule has 2 aromatic heterocycles. The van der Waals surface area contributed by atoms with Crippen LogP contribution < -0.4 is 0 Å². The minimum Gasteiger partial charge on any atom is -0.447 e. The molecule has 0 saturated heterocycles. The van der Waals surface area contributed by atoms with E-state index in [9.17, 15) is 8.42 Å². The third-order valence-electron chi connectivity index (χ3n) is 2.97. The number of fused-ring (bicyclic) bond motifs is 1. The number of sulfonamides is 1. The van der Waals surface area contributed by atoms with Crippen molar-refractivity contribution in [3.05, 3.63) is 30.0 Å². The monoisotopic (exact) mass is 302 g/mol. The number of furan rings is 1. The molecule has 0 spiro atoms. The van der Waals surface area contributed by atoms with E-state index in [4.69, 9.17) is 16.0 Å². The van der Waals surface area contributed by atoms with Crippen molar-refractivity contribution in [3.63, 3.8) is 0 Å². The van der Waals surface area contributed by atoms with Crippen LogP contribution in [-0.4, -0.2) is 34.0 Å². The second-order valence-electron chi connectivity index (χ2n) is 4.13. The van der Waals surface area contributed by atoms with Gasteiger partial charge in [-0.15, -0.1) is 21.8 Å². The lowest BCUT2D eigenvalue weighted by Crippen LogP contribution is -2.38. The van der Waals surface area contributed by atoms with E-state index >= 15 is 0 Å². The second kappa shape index (κ2) is 4.62. The van der Waals surface area contributed by atoms with E-state index in [1.807, 2.05) is 4.57 Å². The Balaban J connectivity index is 1.89. The quantitative estimate of drug-likeness (QED) is 0.784. The van der Waals surface area contributed by atoms with Gasteiger partial charge in [0.1, 0.15) is 17.9 Å². The van der Waals surface area contributed by atoms with E-state index < -0.39 is 10.0 Å². The lowest BCUT2D eigenvalue weighted by Gasteiger charge is -2.25. The molecule has 0 radical (unpaired) electrons. The highest BCUT2D eigenvalue weighted by Crippen LogP contribution is 2.23. The summed E-state index contributed by atoms with van der Waals surface area (Å²) in [6.45, 7) is 1.09. The van der Waals surface area contributed by atoms with Gasteiger partial charge in [0.25, 0.3) is 10.0 Å². The molecule has 1 aliphatic heterocycles. The number of aromatic nitrogens is 3. The van der Waals surface area contributed by atoms with Crippen LogP contribution in [0.4, 0.5) is 0 Å². The minimum absolute atomic E-state index is 0.0869. The van der Waals surface area contributed by atoms with Crippen LogP contribution in [-0.2, 0) is 29.0 Å². The summed E-state index contributed by atoms with van der Waals surface area (Å²) in [5, 5.41) is 7.56. The standard InChI is InChI=1S/C10H11ClN4O3S/c11-5-8-1-2-10(18-8)19(16,17)15-4-3-14-7-12-13-9(14)6-15/h1-2,7H,3-6H2. The van der Waals surface area contributed by atoms with Crippen molar-refractivity contribution in [2.45, 2.75) is 24.1 Å². The predicted octanol–water partition coefficient (Wildman–Crippen LogP) is 0.814. The summed E-state index contributed by atoms with van der Waals surface area (Å²) in [6, 6.07) is 2.98. The number of hydrogen-bond acceptors (Lipinski definition) is 5. The van der Waals surface area contributed by atoms with E-state index in [1.165, 1.54) is 10.4 Å². The van der Waals surface area contributed by atoms with Gasteiger partial charge in [-0.2, -0.15) is 4.31 Å². The van der Waals surface area contributed by atoms with Crippen LogP contribution in [0.5, 0.6) is 0 Å². The van der Waals surface area contributed by atoms with E-state index in [0.717, 1.165) is 0 Å². The topological polar surface area (TPSA) is 81.2 Å². The van der Waals surface area contributed by atoms with Crippen LogP contribution in [0.25, 0.3) is 0 Å². The van der Waals surface area contributed by atoms with Gasteiger partial charge in [-0.3, -0.25) is 0 Å². The summed E-state index contributed by atoms with van der Waals surface area (Å²) in [7, 11) is -3.64. The minimum atomic E-state index is -3.64. The zero-order chi connectivity index (χ0) is 13.5. The van der Waals surface area contributed by atoms with Crippen LogP contribution in [0.2, 0.25) is 0 Å². The zero-order valence-electron chi connectivity index (χ0n) is 9.86. The average molecular weight is 303 g/mol. The van der Waals surface area contributed by atoms with Crippen molar-refractivity contribution in [3.8, 4) is 0 Å². The van der Waals surface area contributed by atoms with Crippen LogP contribution >= 0.6 is 11.6 Å². The Morgan fingerprint density at radius 3 is 2.95 bits per heavy atom. The zero-order valence-corrected chi connectivity index (χ0v) is 11.4. The van der Waals surface area contributed by atoms with Crippen LogP contribution in [0.1, 0.15) is 11.6 Å². The van der Waals surface area contributed by atoms with E-state index in [-0.39, 0.29) is 17.5 Å². The molecule has 0 unspecified atom stereocenters. The van der Waals surface area contributed by atoms with Gasteiger partial charge >= 0.3 is 0 Å². The largest absolute Gasteiger partial charge is 0.447 e. The fourth-order valence-corrected chi connectivity index (χ4v) is 3.40. The summed E-state index contributed by atoms with van der Waals surface area (Å²) in [5.41, 5.74) is 0. The third kappa shape index (κ3) is 2.15. The van der Waals surface area contributed by atoms with Crippen molar-refractivity contribution in [1.29, 1.82) is 0 Å². The normalized spacial score (nSPS) is 16.5. The fourth-order valence-electron chi connectivity index (χ4n) is 1.95. The molecule has 1 aliphatic rings. The van der Waals surface area contributed by atoms with Crippen molar-refractivity contribution in [2.24, 2.45) is 0 Å². The number of hydrogen-bond donors (Lipinski definition) is 0. The summed E-state index contributed by atoms with van der Waals surface area (Å²) < 4.78 is 33.1. The molecule has 7 nitrogen and oxygen atoms in total. The van der Waals surface area contributed by atoms with Gasteiger partial charge in [0.15, 0.2) is 0 Å². The molecule has 0 aromatic carbocycles. The fraction of sp³-hybridized carbons (Fsp3) is 0.400. The lowest BCUT2D eigenvalue weighted by molar-refractivity contribution is 0.320. The molecule has 2 aromatic rings. The summed E-state index contributed by atoms with van der Waals surface area (Å²) in [4.78, 5) is 0. The second-order valence-corrected chi connectivity index (χ2v) is 6.27. The van der Waals surface area contributed by atoms with Gasteiger partial charge in [-0.05, 0) is 12.1 Å². The summed E-state index contributed by atoms with van der Waals surface area (Å²) in [6.07, 6.45) is 1.60. The van der Waals surface area contributed by atoms with Crippen molar-refractivity contribution in [1.82, 2.24) is 19.1 Å². The van der Waals surface area contributed by atoms with E-state index in [0.29, 0.717) is 24.7 Å². The number of nitrogens with zero attached hydrogens (tertiary/aromatic N) is 4. The molecule has 0 aliphatic carbocycles. The first kappa shape index (κ1) is 12.6. The molecule has 19 heavy (non-hydrogen) atoms. The van der Waals surface area contributed by atoms with Crippen LogP contribution in [0, 0.1) is 0 Å². The molecular weight excluding hydrogens is 292 g/mol. The maximum atomic E-state index is 12.4. The molecule has 0 amide bonds. The Morgan fingerprint density at radius 2 is 2.21 bits per heavy atom. The molecule has 102 valence electrons. The molecule has 0 atom stereocenters. The molecule has 3 rings (SSSR count). The van der Waals surface area contributed by atoms with Crippen LogP contribution in [0.3, 0.4) is 0 Å². The number of halogens is 1. The highest BCUT2D eigenvalue weighted by molar-refractivity contribution is 7.89. The number of rotatable bonds is 3. The SMILES string of the molecule is O=S(=O)(c1ccc(CCl)o1)N1CCn2cnnc2C1. The maximum absolute atomic E-state index is 12.4. The van der Waals surface area contributed by atoms with Crippen molar-refractivity contribution < 1.29 is 12.8 Å². The van der Waals surface area contributed by atoms with Gasteiger partial charge in [0.2, 0.25) is 5.09 Å². The molecular formula is C10H11ClN4O3S. The first-order chi connectivity index (χ1) is 9.11. The maximum Gasteiger partial charge on any atom is 0.276 e. The van der Waals surface area contributed by atoms with Gasteiger partial charge in [0.05, 0.1) is 12.4 Å². The Bertz CT molecular complexity index is 693. The van der Waals surface area contributed by atoms with Crippen molar-refractivity contribution >= 4 is 21.6 Å². The predicted molar refractivity (Wildman–Crippen MR) is 65.9 cm³/mol. The van der Waals surface area contributed by atoms with Gasteiger partial charge in [0, 0.05) is 13.1 Å². The number of alkyl halides is 1. The first-order valence-electron chi connectivity index (χ1n) is 5.63. The molecule has 0 saturated carbocycles. The Hall–Kier alpha value is -1.38. The molecule has 9 heteroatoms. The highest BCUT2D eigenvalue weighted by Gasteiger charge is 2.31. The first-order valence-corrected chi connectivity index (χ1v) is 7.60. The Kier molecular flexibility index (Phi) is 3.08. The summed E-state index contributed by atoms with van der Waals surface area (Å²) >= 11 is 5.60. The summed E-state index contributed by atoms with van der Waals surface area (Å²) in [5.74, 6) is 1.20. The van der Waals surface area contributed by atoms with Crippen LogP contribution in [0.15, 0.2) is 28.0 Å². The highest BCUT2D eigenvalue weighted by atomic mass is 35.5. The smallest absolute Gasteiger partial charge is 0.276 e. The van der Waals surface area contributed by atoms with Gasteiger partial charge in [-0.1, -0.05) is 0 Å². The van der Waals surface area contributed by atoms with E-state index in [2.05, 4.69) is 10.2 Å². The molecule has 0 N–H and O–H groups in total. The third-order valence-corrected chi connectivity index (χ3v) is 4.95. The Labute approximate surface area is 114 Å². The van der Waals surface area contributed by atoms with Crippen molar-refractivity contribution in [2.75, 3.05) is 6.54 Å². The van der Waals surface area contributed by atoms with Gasteiger partial charge < -0.3 is 8.98 Å². The Morgan fingerprint density at radius 1 is 1.37 bits per heavy atom. The molecule has 0 bridgehead atoms. The van der Waals surface area contributed by atoms with E-state index in [1.54, 1.807) is 12.4 Å². The lowest BCUT2D eigenvalue weighted by atomic mass is 10.4. The molecule has 0 fully saturated rings. The average Bonchev–Trinajstić information content (AvgIpc) is 3.06. The van der Waals surface area contributed by atoms with Gasteiger partial charge in [-0.25, -0.2) is 8.42 Å². The molecule has 3 heterocycles.